The minimum absolute atomic E-state index is 0.150. The molecule has 0 saturated carbocycles. The number of Topliss-reactive ketones (excluding diaryl/α,β-unsaturated/α-hetero) is 1. The molecule has 0 fully saturated rings. The van der Waals surface area contributed by atoms with E-state index in [1.165, 1.54) is 11.1 Å². The number of thioether (sulfide) groups is 1. The van der Waals surface area contributed by atoms with E-state index in [2.05, 4.69) is 19.9 Å². The quantitative estimate of drug-likeness (QED) is 0.737. The Morgan fingerprint density at radius 1 is 1.20 bits per heavy atom. The second kappa shape index (κ2) is 6.31. The van der Waals surface area contributed by atoms with E-state index < -0.39 is 0 Å². The van der Waals surface area contributed by atoms with Crippen molar-refractivity contribution in [3.8, 4) is 0 Å². The van der Waals surface area contributed by atoms with Crippen LogP contribution >= 0.6 is 11.8 Å². The highest BCUT2D eigenvalue weighted by molar-refractivity contribution is 7.97. The number of ketones is 1. The second-order valence-electron chi connectivity index (χ2n) is 5.12. The number of furan rings is 1. The van der Waals surface area contributed by atoms with E-state index in [-0.39, 0.29) is 5.78 Å². The van der Waals surface area contributed by atoms with E-state index in [1.54, 1.807) is 13.2 Å². The highest BCUT2D eigenvalue weighted by Gasteiger charge is 2.14. The molecule has 0 bridgehead atoms. The van der Waals surface area contributed by atoms with Crippen LogP contribution in [0.5, 0.6) is 0 Å². The van der Waals surface area contributed by atoms with Crippen molar-refractivity contribution in [1.29, 1.82) is 0 Å². The number of carbonyl (C=O) groups excluding carboxylic acids is 1. The topological polar surface area (TPSA) is 30.2 Å². The van der Waals surface area contributed by atoms with Gasteiger partial charge in [0.2, 0.25) is 0 Å². The first kappa shape index (κ1) is 14.9. The van der Waals surface area contributed by atoms with Gasteiger partial charge in [0, 0.05) is 11.3 Å². The first-order valence-corrected chi connectivity index (χ1v) is 7.87. The summed E-state index contributed by atoms with van der Waals surface area (Å²) < 4.78 is 5.34. The van der Waals surface area contributed by atoms with Gasteiger partial charge in [-0.15, -0.1) is 11.8 Å². The molecule has 0 spiro atoms. The normalized spacial score (nSPS) is 10.8. The molecule has 20 heavy (non-hydrogen) atoms. The maximum Gasteiger partial charge on any atom is 0.160 e. The van der Waals surface area contributed by atoms with Gasteiger partial charge >= 0.3 is 0 Å². The van der Waals surface area contributed by atoms with Crippen LogP contribution in [0.2, 0.25) is 0 Å². The minimum Gasteiger partial charge on any atom is -0.468 e. The Balaban J connectivity index is 2.18. The summed E-state index contributed by atoms with van der Waals surface area (Å²) in [5.74, 6) is 2.90. The van der Waals surface area contributed by atoms with Gasteiger partial charge in [-0.2, -0.15) is 0 Å². The summed E-state index contributed by atoms with van der Waals surface area (Å²) >= 11 is 1.81. The molecular weight excluding hydrogens is 268 g/mol. The Morgan fingerprint density at radius 3 is 2.55 bits per heavy atom. The Labute approximate surface area is 124 Å². The molecule has 0 amide bonds. The molecule has 0 unspecified atom stereocenters. The summed E-state index contributed by atoms with van der Waals surface area (Å²) in [6.07, 6.45) is 1.70. The molecule has 2 aromatic rings. The molecule has 0 saturated heterocycles. The Bertz CT molecular complexity index is 612. The van der Waals surface area contributed by atoms with Crippen molar-refractivity contribution in [3.05, 3.63) is 58.0 Å². The second-order valence-corrected chi connectivity index (χ2v) is 6.10. The highest BCUT2D eigenvalue weighted by Crippen LogP contribution is 2.27. The summed E-state index contributed by atoms with van der Waals surface area (Å²) in [6, 6.07) is 6.02. The number of rotatable bonds is 5. The monoisotopic (exact) mass is 288 g/mol. The smallest absolute Gasteiger partial charge is 0.160 e. The van der Waals surface area contributed by atoms with Crippen molar-refractivity contribution in [2.75, 3.05) is 0 Å². The molecule has 1 aromatic heterocycles. The zero-order chi connectivity index (χ0) is 14.7. The lowest BCUT2D eigenvalue weighted by atomic mass is 9.92. The van der Waals surface area contributed by atoms with Gasteiger partial charge < -0.3 is 4.42 Å². The fourth-order valence-corrected chi connectivity index (χ4v) is 3.75. The molecule has 0 aliphatic carbocycles. The van der Waals surface area contributed by atoms with Crippen molar-refractivity contribution >= 4 is 17.5 Å². The Kier molecular flexibility index (Phi) is 4.71. The van der Waals surface area contributed by atoms with Gasteiger partial charge in [0.15, 0.2) is 5.78 Å². The SMILES string of the molecule is CC(=O)c1c(C)cc(C)c(CSCc2ccco2)c1C. The molecule has 0 aliphatic heterocycles. The van der Waals surface area contributed by atoms with Crippen LogP contribution in [0.4, 0.5) is 0 Å². The number of hydrogen-bond acceptors (Lipinski definition) is 3. The standard InChI is InChI=1S/C17H20O2S/c1-11-8-12(2)17(14(4)18)13(3)16(11)10-20-9-15-6-5-7-19-15/h5-8H,9-10H2,1-4H3. The van der Waals surface area contributed by atoms with E-state index in [1.807, 2.05) is 30.8 Å². The Hall–Kier alpha value is -1.48. The molecule has 106 valence electrons. The van der Waals surface area contributed by atoms with E-state index in [0.29, 0.717) is 0 Å². The van der Waals surface area contributed by atoms with Gasteiger partial charge in [0.05, 0.1) is 12.0 Å². The number of carbonyl (C=O) groups is 1. The molecule has 2 rings (SSSR count). The van der Waals surface area contributed by atoms with E-state index >= 15 is 0 Å². The fourth-order valence-electron chi connectivity index (χ4n) is 2.64. The third-order valence-corrected chi connectivity index (χ3v) is 4.54. The predicted octanol–water partition coefficient (Wildman–Crippen LogP) is 4.84. The van der Waals surface area contributed by atoms with Crippen LogP contribution in [0.3, 0.4) is 0 Å². The van der Waals surface area contributed by atoms with Crippen molar-refractivity contribution in [1.82, 2.24) is 0 Å². The zero-order valence-corrected chi connectivity index (χ0v) is 13.3. The molecule has 0 aliphatic rings. The Morgan fingerprint density at radius 2 is 1.95 bits per heavy atom. The van der Waals surface area contributed by atoms with Gasteiger partial charge in [-0.25, -0.2) is 0 Å². The molecule has 2 nitrogen and oxygen atoms in total. The van der Waals surface area contributed by atoms with Crippen molar-refractivity contribution < 1.29 is 9.21 Å². The largest absolute Gasteiger partial charge is 0.468 e. The van der Waals surface area contributed by atoms with E-state index in [0.717, 1.165) is 34.0 Å². The first-order chi connectivity index (χ1) is 9.50. The molecule has 1 heterocycles. The average Bonchev–Trinajstić information content (AvgIpc) is 2.85. The fraction of sp³-hybridized carbons (Fsp3) is 0.353. The van der Waals surface area contributed by atoms with Crippen LogP contribution in [0.25, 0.3) is 0 Å². The first-order valence-electron chi connectivity index (χ1n) is 6.71. The number of hydrogen-bond donors (Lipinski definition) is 0. The maximum absolute atomic E-state index is 11.8. The van der Waals surface area contributed by atoms with Gasteiger partial charge in [-0.3, -0.25) is 4.79 Å². The summed E-state index contributed by atoms with van der Waals surface area (Å²) in [4.78, 5) is 11.8. The lowest BCUT2D eigenvalue weighted by molar-refractivity contribution is 0.101. The van der Waals surface area contributed by atoms with Crippen molar-refractivity contribution in [2.45, 2.75) is 39.2 Å². The van der Waals surface area contributed by atoms with Crippen LogP contribution in [0.15, 0.2) is 28.9 Å². The summed E-state index contributed by atoms with van der Waals surface area (Å²) in [5, 5.41) is 0. The van der Waals surface area contributed by atoms with Crippen LogP contribution in [0, 0.1) is 20.8 Å². The molecule has 0 N–H and O–H groups in total. The lowest BCUT2D eigenvalue weighted by Gasteiger charge is -2.15. The number of aryl methyl sites for hydroxylation is 2. The third-order valence-electron chi connectivity index (χ3n) is 3.55. The van der Waals surface area contributed by atoms with Crippen molar-refractivity contribution in [2.24, 2.45) is 0 Å². The van der Waals surface area contributed by atoms with Crippen LogP contribution in [0.1, 0.15) is 45.3 Å². The van der Waals surface area contributed by atoms with Crippen LogP contribution in [-0.2, 0) is 11.5 Å². The van der Waals surface area contributed by atoms with Gasteiger partial charge in [-0.1, -0.05) is 6.07 Å². The molecule has 3 heteroatoms. The zero-order valence-electron chi connectivity index (χ0n) is 12.4. The summed E-state index contributed by atoms with van der Waals surface area (Å²) in [6.45, 7) is 7.83. The highest BCUT2D eigenvalue weighted by atomic mass is 32.2. The van der Waals surface area contributed by atoms with Gasteiger partial charge in [0.1, 0.15) is 5.76 Å². The molecular formula is C17H20O2S. The summed E-state index contributed by atoms with van der Waals surface area (Å²) in [7, 11) is 0. The third kappa shape index (κ3) is 3.15. The lowest BCUT2D eigenvalue weighted by Crippen LogP contribution is -2.05. The molecule has 0 radical (unpaired) electrons. The maximum atomic E-state index is 11.8. The van der Waals surface area contributed by atoms with E-state index in [9.17, 15) is 4.79 Å². The van der Waals surface area contributed by atoms with Crippen LogP contribution < -0.4 is 0 Å². The molecule has 0 atom stereocenters. The summed E-state index contributed by atoms with van der Waals surface area (Å²) in [5.41, 5.74) is 5.62. The van der Waals surface area contributed by atoms with Gasteiger partial charge in [-0.05, 0) is 62.1 Å². The molecule has 1 aromatic carbocycles. The van der Waals surface area contributed by atoms with Crippen LogP contribution in [-0.4, -0.2) is 5.78 Å². The van der Waals surface area contributed by atoms with Crippen molar-refractivity contribution in [3.63, 3.8) is 0 Å². The minimum atomic E-state index is 0.150. The van der Waals surface area contributed by atoms with Gasteiger partial charge in [0.25, 0.3) is 0 Å². The predicted molar refractivity (Wildman–Crippen MR) is 84.4 cm³/mol. The van der Waals surface area contributed by atoms with E-state index in [4.69, 9.17) is 4.42 Å². The average molecular weight is 288 g/mol. The number of benzene rings is 1.